The van der Waals surface area contributed by atoms with Crippen LogP contribution in [-0.2, 0) is 12.1 Å². The number of carbonyl (C=O) groups excluding carboxylic acids is 2. The number of fused-ring (bicyclic) bond motifs is 2. The number of nitrogens with one attached hydrogen (secondary N) is 1. The summed E-state index contributed by atoms with van der Waals surface area (Å²) >= 11 is 0. The Hall–Kier alpha value is -2.93. The Morgan fingerprint density at radius 3 is 2.33 bits per heavy atom. The molecule has 1 aromatic carbocycles. The van der Waals surface area contributed by atoms with Crippen LogP contribution in [0.1, 0.15) is 72.6 Å². The lowest BCUT2D eigenvalue weighted by molar-refractivity contribution is 0.0128. The maximum atomic E-state index is 13.4. The van der Waals surface area contributed by atoms with Gasteiger partial charge in [0.25, 0.3) is 5.91 Å². The van der Waals surface area contributed by atoms with E-state index >= 15 is 0 Å². The van der Waals surface area contributed by atoms with Gasteiger partial charge in [0, 0.05) is 55.6 Å². The topological polar surface area (TPSA) is 78.6 Å². The fourth-order valence-corrected chi connectivity index (χ4v) is 5.29. The molecule has 2 aromatic rings. The minimum Gasteiger partial charge on any atom is -0.490 e. The summed E-state index contributed by atoms with van der Waals surface area (Å²) in [7, 11) is 2.15. The number of ketones is 1. The predicted molar refractivity (Wildman–Crippen MR) is 129 cm³/mol. The maximum absolute atomic E-state index is 13.4. The number of Topliss-reactive ketones (excluding diaryl/α,β-unsaturated/α-hetero) is 1. The van der Waals surface area contributed by atoms with Crippen LogP contribution in [0.5, 0.6) is 5.75 Å². The van der Waals surface area contributed by atoms with Gasteiger partial charge in [-0.3, -0.25) is 14.5 Å². The molecule has 0 aliphatic carbocycles. The molecule has 1 amide bonds. The number of likely N-dealkylation sites (N-methyl/N-ethyl adjacent to an activating group) is 1. The van der Waals surface area contributed by atoms with E-state index in [0.29, 0.717) is 35.7 Å². The average Bonchev–Trinajstić information content (AvgIpc) is 3.22. The van der Waals surface area contributed by atoms with Crippen LogP contribution in [-0.4, -0.2) is 64.6 Å². The van der Waals surface area contributed by atoms with Gasteiger partial charge in [0.15, 0.2) is 5.78 Å². The van der Waals surface area contributed by atoms with Crippen molar-refractivity contribution in [2.75, 3.05) is 26.7 Å². The van der Waals surface area contributed by atoms with Gasteiger partial charge in [0.05, 0.1) is 17.3 Å². The molecule has 0 atom stereocenters. The third-order valence-corrected chi connectivity index (χ3v) is 7.08. The summed E-state index contributed by atoms with van der Waals surface area (Å²) in [4.78, 5) is 29.7. The van der Waals surface area contributed by atoms with Crippen LogP contribution < -0.4 is 4.74 Å². The van der Waals surface area contributed by atoms with Crippen LogP contribution in [0.3, 0.4) is 0 Å². The largest absolute Gasteiger partial charge is 0.490 e. The first kappa shape index (κ1) is 23.2. The molecule has 7 nitrogen and oxygen atoms in total. The van der Waals surface area contributed by atoms with E-state index in [4.69, 9.17) is 10.1 Å². The summed E-state index contributed by atoms with van der Waals surface area (Å²) in [5.41, 5.74) is 3.42. The van der Waals surface area contributed by atoms with E-state index in [-0.39, 0.29) is 23.3 Å². The smallest absolute Gasteiger partial charge is 0.253 e. The molecule has 3 heterocycles. The molecular weight excluding hydrogens is 416 g/mol. The van der Waals surface area contributed by atoms with Gasteiger partial charge < -0.3 is 19.6 Å². The highest BCUT2D eigenvalue weighted by Gasteiger charge is 2.45. The molecule has 33 heavy (non-hydrogen) atoms. The van der Waals surface area contributed by atoms with Crippen LogP contribution in [0.25, 0.3) is 0 Å². The van der Waals surface area contributed by atoms with Gasteiger partial charge in [-0.25, -0.2) is 0 Å². The van der Waals surface area contributed by atoms with E-state index in [0.717, 1.165) is 31.6 Å². The van der Waals surface area contributed by atoms with Crippen molar-refractivity contribution in [1.82, 2.24) is 14.4 Å². The maximum Gasteiger partial charge on any atom is 0.253 e. The minimum atomic E-state index is -0.158. The number of amides is 1. The van der Waals surface area contributed by atoms with E-state index in [1.807, 2.05) is 24.8 Å². The highest BCUT2D eigenvalue weighted by Crippen LogP contribution is 2.41. The molecule has 0 unspecified atom stereocenters. The molecule has 1 aromatic heterocycles. The third kappa shape index (κ3) is 4.10. The van der Waals surface area contributed by atoms with Crippen LogP contribution in [0.4, 0.5) is 0 Å². The van der Waals surface area contributed by atoms with E-state index < -0.39 is 0 Å². The number of carbonyl (C=O) groups is 2. The molecule has 0 bridgehead atoms. The number of hydrogen-bond donors (Lipinski definition) is 1. The van der Waals surface area contributed by atoms with Gasteiger partial charge in [0.2, 0.25) is 0 Å². The van der Waals surface area contributed by atoms with Gasteiger partial charge in [-0.05, 0) is 71.0 Å². The van der Waals surface area contributed by atoms with Crippen molar-refractivity contribution in [3.8, 4) is 5.75 Å². The number of rotatable bonds is 5. The Bertz CT molecular complexity index is 1090. The van der Waals surface area contributed by atoms with Gasteiger partial charge >= 0.3 is 0 Å². The van der Waals surface area contributed by atoms with Crippen molar-refractivity contribution in [2.45, 2.75) is 58.7 Å². The lowest BCUT2D eigenvalue weighted by Gasteiger charge is -2.50. The molecule has 1 saturated heterocycles. The number of nitrogens with zero attached hydrogens (tertiary/aromatic N) is 3. The zero-order valence-electron chi connectivity index (χ0n) is 20.3. The molecule has 1 spiro atoms. The van der Waals surface area contributed by atoms with E-state index in [1.54, 1.807) is 32.0 Å². The first-order chi connectivity index (χ1) is 15.6. The Labute approximate surface area is 195 Å². The SMILES string of the molecule is CC(=N)c1cc(C(=O)N2CCC3(CC2)c2ccc(C(C)=O)n2CCN3C)ccc1OC(C)C. The average molecular weight is 451 g/mol. The van der Waals surface area contributed by atoms with Gasteiger partial charge in [-0.1, -0.05) is 0 Å². The predicted octanol–water partition coefficient (Wildman–Crippen LogP) is 3.94. The second-order valence-corrected chi connectivity index (χ2v) is 9.56. The van der Waals surface area contributed by atoms with Crippen molar-refractivity contribution in [1.29, 1.82) is 5.41 Å². The molecule has 4 rings (SSSR count). The molecule has 0 saturated carbocycles. The zero-order chi connectivity index (χ0) is 23.9. The second kappa shape index (κ2) is 8.78. The number of benzene rings is 1. The van der Waals surface area contributed by atoms with Gasteiger partial charge in [0.1, 0.15) is 5.75 Å². The molecule has 0 radical (unpaired) electrons. The summed E-state index contributed by atoms with van der Waals surface area (Å²) in [6, 6.07) is 9.42. The fraction of sp³-hybridized carbons (Fsp3) is 0.500. The van der Waals surface area contributed by atoms with Crippen LogP contribution in [0, 0.1) is 5.41 Å². The fourth-order valence-electron chi connectivity index (χ4n) is 5.29. The van der Waals surface area contributed by atoms with Crippen molar-refractivity contribution < 1.29 is 14.3 Å². The third-order valence-electron chi connectivity index (χ3n) is 7.08. The minimum absolute atomic E-state index is 0.00196. The number of piperidine rings is 1. The lowest BCUT2D eigenvalue weighted by Crippen LogP contribution is -2.56. The lowest BCUT2D eigenvalue weighted by atomic mass is 9.81. The normalized spacial score (nSPS) is 17.8. The highest BCUT2D eigenvalue weighted by atomic mass is 16.5. The monoisotopic (exact) mass is 450 g/mol. The van der Waals surface area contributed by atoms with E-state index in [9.17, 15) is 9.59 Å². The zero-order valence-corrected chi connectivity index (χ0v) is 20.3. The van der Waals surface area contributed by atoms with Crippen LogP contribution in [0.2, 0.25) is 0 Å². The van der Waals surface area contributed by atoms with E-state index in [2.05, 4.69) is 22.6 Å². The molecule has 2 aliphatic rings. The molecule has 1 N–H and O–H groups in total. The Balaban J connectivity index is 1.55. The van der Waals surface area contributed by atoms with E-state index in [1.165, 1.54) is 5.69 Å². The molecule has 1 fully saturated rings. The summed E-state index contributed by atoms with van der Waals surface area (Å²) in [6.45, 7) is 10.2. The molecule has 176 valence electrons. The standard InChI is InChI=1S/C26H34N4O3/c1-17(2)33-23-8-6-20(16-21(23)18(3)27)25(32)29-12-10-26(11-13-29)24-9-7-22(19(4)31)30(24)15-14-28(26)5/h6-9,16-17,27H,10-15H2,1-5H3. The second-order valence-electron chi connectivity index (χ2n) is 9.56. The number of aromatic nitrogens is 1. The number of likely N-dealkylation sites (tertiary alicyclic amines) is 1. The van der Waals surface area contributed by atoms with Gasteiger partial charge in [-0.2, -0.15) is 0 Å². The van der Waals surface area contributed by atoms with Crippen molar-refractivity contribution in [3.05, 3.63) is 52.8 Å². The summed E-state index contributed by atoms with van der Waals surface area (Å²) < 4.78 is 8.00. The van der Waals surface area contributed by atoms with Crippen LogP contribution in [0.15, 0.2) is 30.3 Å². The number of hydrogen-bond acceptors (Lipinski definition) is 5. The summed E-state index contributed by atoms with van der Waals surface area (Å²) in [6.07, 6.45) is 1.64. The Morgan fingerprint density at radius 1 is 1.03 bits per heavy atom. The molecule has 7 heteroatoms. The molecular formula is C26H34N4O3. The summed E-state index contributed by atoms with van der Waals surface area (Å²) in [5, 5.41) is 8.12. The number of ether oxygens (including phenoxy) is 1. The van der Waals surface area contributed by atoms with Crippen LogP contribution >= 0.6 is 0 Å². The summed E-state index contributed by atoms with van der Waals surface area (Å²) in [5.74, 6) is 0.718. The van der Waals surface area contributed by atoms with Crippen molar-refractivity contribution in [3.63, 3.8) is 0 Å². The molecule has 2 aliphatic heterocycles. The van der Waals surface area contributed by atoms with Crippen molar-refractivity contribution >= 4 is 17.4 Å². The Kier molecular flexibility index (Phi) is 6.18. The first-order valence-electron chi connectivity index (χ1n) is 11.7. The first-order valence-corrected chi connectivity index (χ1v) is 11.7. The Morgan fingerprint density at radius 2 is 1.73 bits per heavy atom. The highest BCUT2D eigenvalue weighted by molar-refractivity contribution is 6.02. The quantitative estimate of drug-likeness (QED) is 0.553. The van der Waals surface area contributed by atoms with Gasteiger partial charge in [-0.15, -0.1) is 0 Å². The van der Waals surface area contributed by atoms with Crippen molar-refractivity contribution in [2.24, 2.45) is 0 Å².